The van der Waals surface area contributed by atoms with E-state index >= 15 is 0 Å². The van der Waals surface area contributed by atoms with Crippen LogP contribution in [0.3, 0.4) is 0 Å². The van der Waals surface area contributed by atoms with Crippen molar-refractivity contribution in [1.29, 1.82) is 0 Å². The van der Waals surface area contributed by atoms with Gasteiger partial charge in [0, 0.05) is 44.8 Å². The lowest BCUT2D eigenvalue weighted by atomic mass is 10.1. The van der Waals surface area contributed by atoms with Crippen molar-refractivity contribution in [3.63, 3.8) is 0 Å². The van der Waals surface area contributed by atoms with E-state index in [1.807, 2.05) is 0 Å². The molecule has 0 unspecified atom stereocenters. The molecular weight excluding hydrogens is 286 g/mol. The Kier molecular flexibility index (Phi) is 3.81. The highest BCUT2D eigenvalue weighted by atomic mass is 15.3. The molecule has 0 bridgehead atoms. The van der Waals surface area contributed by atoms with E-state index in [4.69, 9.17) is 0 Å². The number of nitrogens with zero attached hydrogens (tertiary/aromatic N) is 5. The van der Waals surface area contributed by atoms with Crippen LogP contribution in [-0.4, -0.2) is 45.8 Å². The van der Waals surface area contributed by atoms with Crippen molar-refractivity contribution in [2.75, 3.05) is 31.1 Å². The molecule has 0 saturated carbocycles. The quantitative estimate of drug-likeness (QED) is 0.870. The number of aryl methyl sites for hydroxylation is 2. The maximum absolute atomic E-state index is 4.39. The van der Waals surface area contributed by atoms with Gasteiger partial charge in [0.1, 0.15) is 11.6 Å². The number of piperazine rings is 1. The van der Waals surface area contributed by atoms with Crippen molar-refractivity contribution >= 4 is 5.69 Å². The Morgan fingerprint density at radius 3 is 2.65 bits per heavy atom. The highest BCUT2D eigenvalue weighted by molar-refractivity contribution is 5.56. The fourth-order valence-corrected chi connectivity index (χ4v) is 3.75. The van der Waals surface area contributed by atoms with Crippen LogP contribution in [0, 0.1) is 13.8 Å². The normalized spacial score (nSPS) is 18.4. The fourth-order valence-electron chi connectivity index (χ4n) is 3.75. The van der Waals surface area contributed by atoms with E-state index < -0.39 is 0 Å². The lowest BCUT2D eigenvalue weighted by Gasteiger charge is -2.36. The van der Waals surface area contributed by atoms with Gasteiger partial charge in [-0.1, -0.05) is 12.1 Å². The van der Waals surface area contributed by atoms with Crippen molar-refractivity contribution in [2.24, 2.45) is 0 Å². The van der Waals surface area contributed by atoms with Crippen LogP contribution >= 0.6 is 0 Å². The first-order valence-corrected chi connectivity index (χ1v) is 8.67. The zero-order valence-electron chi connectivity index (χ0n) is 14.1. The van der Waals surface area contributed by atoms with Gasteiger partial charge in [0.15, 0.2) is 0 Å². The van der Waals surface area contributed by atoms with Gasteiger partial charge >= 0.3 is 0 Å². The molecule has 1 aromatic carbocycles. The second-order valence-electron chi connectivity index (χ2n) is 6.77. The topological polar surface area (TPSA) is 37.2 Å². The summed E-state index contributed by atoms with van der Waals surface area (Å²) in [6, 6.07) is 6.62. The van der Waals surface area contributed by atoms with Crippen LogP contribution in [-0.2, 0) is 19.5 Å². The van der Waals surface area contributed by atoms with Gasteiger partial charge in [0.25, 0.3) is 0 Å². The van der Waals surface area contributed by atoms with E-state index in [0.717, 1.165) is 51.5 Å². The maximum atomic E-state index is 4.39. The number of anilines is 1. The Morgan fingerprint density at radius 2 is 1.83 bits per heavy atom. The average Bonchev–Trinajstić information content (AvgIpc) is 3.16. The monoisotopic (exact) mass is 311 g/mol. The van der Waals surface area contributed by atoms with Crippen LogP contribution in [0.1, 0.15) is 29.2 Å². The van der Waals surface area contributed by atoms with Crippen molar-refractivity contribution in [2.45, 2.75) is 39.8 Å². The van der Waals surface area contributed by atoms with E-state index in [-0.39, 0.29) is 0 Å². The Balaban J connectivity index is 1.40. The zero-order chi connectivity index (χ0) is 15.8. The molecule has 2 aliphatic heterocycles. The van der Waals surface area contributed by atoms with Gasteiger partial charge in [-0.25, -0.2) is 0 Å². The largest absolute Gasteiger partial charge is 0.369 e. The predicted molar refractivity (Wildman–Crippen MR) is 91.7 cm³/mol. The van der Waals surface area contributed by atoms with E-state index in [2.05, 4.69) is 56.6 Å². The first-order valence-electron chi connectivity index (χ1n) is 8.67. The number of rotatable bonds is 3. The molecule has 5 nitrogen and oxygen atoms in total. The highest BCUT2D eigenvalue weighted by Crippen LogP contribution is 2.24. The fraction of sp³-hybridized carbons (Fsp3) is 0.556. The molecule has 3 heterocycles. The minimum absolute atomic E-state index is 0.938. The molecule has 122 valence electrons. The standard InChI is InChI=1S/C18H25N5/c1-14-5-3-6-16(15(14)2)22-11-9-21(10-12-22)13-18-20-19-17-7-4-8-23(17)18/h3,5-6H,4,7-13H2,1-2H3. The summed E-state index contributed by atoms with van der Waals surface area (Å²) in [5, 5.41) is 8.71. The molecule has 5 heteroatoms. The number of fused-ring (bicyclic) bond motifs is 1. The van der Waals surface area contributed by atoms with Crippen LogP contribution in [0.2, 0.25) is 0 Å². The zero-order valence-corrected chi connectivity index (χ0v) is 14.1. The average molecular weight is 311 g/mol. The van der Waals surface area contributed by atoms with Crippen LogP contribution in [0.5, 0.6) is 0 Å². The Labute approximate surface area is 137 Å². The molecule has 0 aliphatic carbocycles. The van der Waals surface area contributed by atoms with E-state index in [1.165, 1.54) is 29.1 Å². The first-order chi connectivity index (χ1) is 11.2. The summed E-state index contributed by atoms with van der Waals surface area (Å²) in [6.45, 7) is 10.8. The molecule has 2 aliphatic rings. The van der Waals surface area contributed by atoms with Gasteiger partial charge < -0.3 is 9.47 Å². The van der Waals surface area contributed by atoms with Crippen LogP contribution < -0.4 is 4.90 Å². The van der Waals surface area contributed by atoms with Crippen LogP contribution in [0.25, 0.3) is 0 Å². The first kappa shape index (κ1) is 14.7. The highest BCUT2D eigenvalue weighted by Gasteiger charge is 2.22. The molecule has 23 heavy (non-hydrogen) atoms. The number of benzene rings is 1. The van der Waals surface area contributed by atoms with Crippen LogP contribution in [0.15, 0.2) is 18.2 Å². The lowest BCUT2D eigenvalue weighted by molar-refractivity contribution is 0.240. The smallest absolute Gasteiger partial charge is 0.147 e. The second-order valence-corrected chi connectivity index (χ2v) is 6.77. The molecule has 1 aromatic heterocycles. The van der Waals surface area contributed by atoms with Crippen LogP contribution in [0.4, 0.5) is 5.69 Å². The van der Waals surface area contributed by atoms with Gasteiger partial charge in [0.05, 0.1) is 6.54 Å². The molecule has 4 rings (SSSR count). The number of hydrogen-bond acceptors (Lipinski definition) is 4. The van der Waals surface area contributed by atoms with Gasteiger partial charge in [-0.2, -0.15) is 0 Å². The summed E-state index contributed by atoms with van der Waals surface area (Å²) in [6.07, 6.45) is 2.31. The Morgan fingerprint density at radius 1 is 1.00 bits per heavy atom. The van der Waals surface area contributed by atoms with Crippen molar-refractivity contribution < 1.29 is 0 Å². The molecule has 0 radical (unpaired) electrons. The predicted octanol–water partition coefficient (Wildman–Crippen LogP) is 2.16. The van der Waals surface area contributed by atoms with Gasteiger partial charge in [0.2, 0.25) is 0 Å². The Bertz CT molecular complexity index is 697. The summed E-state index contributed by atoms with van der Waals surface area (Å²) in [5.74, 6) is 2.33. The molecule has 0 atom stereocenters. The Hall–Kier alpha value is -1.88. The lowest BCUT2D eigenvalue weighted by Crippen LogP contribution is -2.46. The molecule has 0 amide bonds. The van der Waals surface area contributed by atoms with Crippen molar-refractivity contribution in [3.05, 3.63) is 41.0 Å². The number of aromatic nitrogens is 3. The molecule has 1 fully saturated rings. The van der Waals surface area contributed by atoms with E-state index in [9.17, 15) is 0 Å². The van der Waals surface area contributed by atoms with E-state index in [0.29, 0.717) is 0 Å². The number of hydrogen-bond donors (Lipinski definition) is 0. The van der Waals surface area contributed by atoms with Crippen molar-refractivity contribution in [3.8, 4) is 0 Å². The van der Waals surface area contributed by atoms with Gasteiger partial charge in [-0.3, -0.25) is 4.90 Å². The third kappa shape index (κ3) is 2.74. The molecule has 2 aromatic rings. The summed E-state index contributed by atoms with van der Waals surface area (Å²) in [5.41, 5.74) is 4.19. The third-order valence-electron chi connectivity index (χ3n) is 5.34. The third-order valence-corrected chi connectivity index (χ3v) is 5.34. The van der Waals surface area contributed by atoms with Gasteiger partial charge in [-0.05, 0) is 37.5 Å². The maximum Gasteiger partial charge on any atom is 0.147 e. The SMILES string of the molecule is Cc1cccc(N2CCN(Cc3nnc4n3CCC4)CC2)c1C. The van der Waals surface area contributed by atoms with Crippen molar-refractivity contribution in [1.82, 2.24) is 19.7 Å². The minimum Gasteiger partial charge on any atom is -0.369 e. The molecule has 1 saturated heterocycles. The molecule has 0 N–H and O–H groups in total. The summed E-state index contributed by atoms with van der Waals surface area (Å²) >= 11 is 0. The minimum atomic E-state index is 0.938. The van der Waals surface area contributed by atoms with E-state index in [1.54, 1.807) is 0 Å². The molecular formula is C18H25N5. The summed E-state index contributed by atoms with van der Waals surface area (Å²) in [7, 11) is 0. The summed E-state index contributed by atoms with van der Waals surface area (Å²) in [4.78, 5) is 5.03. The second kappa shape index (κ2) is 5.96. The molecule has 0 spiro atoms. The van der Waals surface area contributed by atoms with Gasteiger partial charge in [-0.15, -0.1) is 10.2 Å². The summed E-state index contributed by atoms with van der Waals surface area (Å²) < 4.78 is 2.32.